The zero-order valence-electron chi connectivity index (χ0n) is 11.7. The number of nitrogens with two attached hydrogens (primary N) is 1. The molecule has 0 aliphatic carbocycles. The van der Waals surface area contributed by atoms with Gasteiger partial charge in [-0.3, -0.25) is 4.79 Å². The van der Waals surface area contributed by atoms with Crippen LogP contribution in [0.15, 0.2) is 12.3 Å². The molecule has 2 heterocycles. The number of rotatable bonds is 2. The van der Waals surface area contributed by atoms with Crippen molar-refractivity contribution in [2.75, 3.05) is 12.3 Å². The normalized spacial score (nSPS) is 11.8. The monoisotopic (exact) mass is 277 g/mol. The molecule has 3 N–H and O–H groups in total. The Morgan fingerprint density at radius 1 is 1.47 bits per heavy atom. The number of carbonyl (C=O) groups excluding carboxylic acids is 1. The van der Waals surface area contributed by atoms with Crippen LogP contribution in [-0.4, -0.2) is 17.4 Å². The number of nitrogen functional groups attached to an aromatic ring is 1. The Hall–Kier alpha value is -1.62. The van der Waals surface area contributed by atoms with Gasteiger partial charge in [-0.05, 0) is 24.0 Å². The molecule has 1 amide bonds. The molecule has 0 saturated carbocycles. The molecule has 0 saturated heterocycles. The van der Waals surface area contributed by atoms with Gasteiger partial charge in [0.1, 0.15) is 9.71 Å². The van der Waals surface area contributed by atoms with Gasteiger partial charge in [0.15, 0.2) is 0 Å². The second-order valence-electron chi connectivity index (χ2n) is 5.90. The van der Waals surface area contributed by atoms with Crippen LogP contribution in [0.2, 0.25) is 0 Å². The zero-order valence-corrected chi connectivity index (χ0v) is 12.5. The van der Waals surface area contributed by atoms with Crippen LogP contribution < -0.4 is 11.1 Å². The van der Waals surface area contributed by atoms with Crippen LogP contribution >= 0.6 is 11.3 Å². The van der Waals surface area contributed by atoms with Crippen molar-refractivity contribution < 1.29 is 4.79 Å². The predicted octanol–water partition coefficient (Wildman–Crippen LogP) is 2.96. The minimum atomic E-state index is -0.116. The Bertz CT molecular complexity index is 625. The largest absolute Gasteiger partial charge is 0.397 e. The Labute approximate surface area is 117 Å². The summed E-state index contributed by atoms with van der Waals surface area (Å²) in [5.41, 5.74) is 7.73. The minimum absolute atomic E-state index is 0.0509. The molecule has 0 unspecified atom stereocenters. The van der Waals surface area contributed by atoms with E-state index in [2.05, 4.69) is 31.1 Å². The van der Waals surface area contributed by atoms with E-state index in [-0.39, 0.29) is 11.3 Å². The number of anilines is 1. The third-order valence-electron chi connectivity index (χ3n) is 2.82. The molecule has 19 heavy (non-hydrogen) atoms. The SMILES string of the molecule is Cc1ccnc2sc(C(=O)NCC(C)(C)C)c(N)c12. The third kappa shape index (κ3) is 2.87. The Morgan fingerprint density at radius 3 is 2.74 bits per heavy atom. The van der Waals surface area contributed by atoms with Crippen molar-refractivity contribution in [2.24, 2.45) is 5.41 Å². The predicted molar refractivity (Wildman–Crippen MR) is 80.6 cm³/mol. The van der Waals surface area contributed by atoms with Crippen molar-refractivity contribution in [2.45, 2.75) is 27.7 Å². The van der Waals surface area contributed by atoms with E-state index in [0.717, 1.165) is 15.8 Å². The van der Waals surface area contributed by atoms with Crippen LogP contribution in [0.1, 0.15) is 36.0 Å². The fraction of sp³-hybridized carbons (Fsp3) is 0.429. The molecule has 0 aromatic carbocycles. The second-order valence-corrected chi connectivity index (χ2v) is 6.90. The Kier molecular flexibility index (Phi) is 3.49. The van der Waals surface area contributed by atoms with Gasteiger partial charge < -0.3 is 11.1 Å². The molecule has 5 heteroatoms. The number of hydrogen-bond donors (Lipinski definition) is 2. The summed E-state index contributed by atoms with van der Waals surface area (Å²) in [6, 6.07) is 1.91. The quantitative estimate of drug-likeness (QED) is 0.886. The summed E-state index contributed by atoms with van der Waals surface area (Å²) in [6.07, 6.45) is 1.74. The van der Waals surface area contributed by atoms with E-state index in [1.165, 1.54) is 11.3 Å². The molecule has 4 nitrogen and oxygen atoms in total. The molecule has 0 fully saturated rings. The number of fused-ring (bicyclic) bond motifs is 1. The van der Waals surface area contributed by atoms with Gasteiger partial charge >= 0.3 is 0 Å². The summed E-state index contributed by atoms with van der Waals surface area (Å²) in [7, 11) is 0. The van der Waals surface area contributed by atoms with Crippen molar-refractivity contribution in [3.63, 3.8) is 0 Å². The lowest BCUT2D eigenvalue weighted by atomic mass is 9.97. The van der Waals surface area contributed by atoms with Crippen molar-refractivity contribution >= 4 is 33.1 Å². The van der Waals surface area contributed by atoms with E-state index in [4.69, 9.17) is 5.73 Å². The molecule has 0 radical (unpaired) electrons. The second kappa shape index (κ2) is 4.81. The fourth-order valence-electron chi connectivity index (χ4n) is 1.80. The van der Waals surface area contributed by atoms with Crippen molar-refractivity contribution in [1.82, 2.24) is 10.3 Å². The van der Waals surface area contributed by atoms with Crippen molar-refractivity contribution in [3.8, 4) is 0 Å². The first-order valence-corrected chi connectivity index (χ1v) is 7.03. The molecule has 0 aliphatic heterocycles. The summed E-state index contributed by atoms with van der Waals surface area (Å²) < 4.78 is 0. The number of aryl methyl sites for hydroxylation is 1. The molecule has 102 valence electrons. The summed E-state index contributed by atoms with van der Waals surface area (Å²) in [5, 5.41) is 3.82. The lowest BCUT2D eigenvalue weighted by Crippen LogP contribution is -2.32. The van der Waals surface area contributed by atoms with Crippen LogP contribution in [-0.2, 0) is 0 Å². The van der Waals surface area contributed by atoms with Gasteiger partial charge in [-0.2, -0.15) is 0 Å². The highest BCUT2D eigenvalue weighted by atomic mass is 32.1. The highest BCUT2D eigenvalue weighted by molar-refractivity contribution is 7.21. The number of amides is 1. The Balaban J connectivity index is 2.33. The van der Waals surface area contributed by atoms with Gasteiger partial charge in [0.05, 0.1) is 5.69 Å². The minimum Gasteiger partial charge on any atom is -0.397 e. The number of nitrogens with zero attached hydrogens (tertiary/aromatic N) is 1. The van der Waals surface area contributed by atoms with Crippen LogP contribution in [0.25, 0.3) is 10.2 Å². The molecule has 2 rings (SSSR count). The average Bonchev–Trinajstić information content (AvgIpc) is 2.64. The van der Waals surface area contributed by atoms with Crippen LogP contribution in [0.3, 0.4) is 0 Å². The topological polar surface area (TPSA) is 68.0 Å². The lowest BCUT2D eigenvalue weighted by Gasteiger charge is -2.18. The van der Waals surface area contributed by atoms with Gasteiger partial charge in [-0.1, -0.05) is 20.8 Å². The highest BCUT2D eigenvalue weighted by Gasteiger charge is 2.19. The number of carbonyl (C=O) groups is 1. The average molecular weight is 277 g/mol. The third-order valence-corrected chi connectivity index (χ3v) is 3.94. The lowest BCUT2D eigenvalue weighted by molar-refractivity contribution is 0.0944. The zero-order chi connectivity index (χ0) is 14.2. The maximum Gasteiger partial charge on any atom is 0.263 e. The first kappa shape index (κ1) is 13.8. The summed E-state index contributed by atoms with van der Waals surface area (Å²) in [5.74, 6) is -0.116. The number of aromatic nitrogens is 1. The van der Waals surface area contributed by atoms with E-state index in [0.29, 0.717) is 17.1 Å². The van der Waals surface area contributed by atoms with Gasteiger partial charge in [0.2, 0.25) is 0 Å². The van der Waals surface area contributed by atoms with Gasteiger partial charge in [-0.25, -0.2) is 4.98 Å². The fourth-order valence-corrected chi connectivity index (χ4v) is 2.85. The maximum absolute atomic E-state index is 12.2. The molecule has 0 bridgehead atoms. The standard InChI is InChI=1S/C14H19N3OS/c1-8-5-6-16-13-9(8)10(15)11(19-13)12(18)17-7-14(2,3)4/h5-6H,7,15H2,1-4H3,(H,17,18). The molecule has 2 aromatic rings. The van der Waals surface area contributed by atoms with Crippen molar-refractivity contribution in [1.29, 1.82) is 0 Å². The van der Waals surface area contributed by atoms with Crippen LogP contribution in [0.5, 0.6) is 0 Å². The molecule has 0 aliphatic rings. The van der Waals surface area contributed by atoms with E-state index in [1.807, 2.05) is 13.0 Å². The van der Waals surface area contributed by atoms with E-state index in [1.54, 1.807) is 6.20 Å². The van der Waals surface area contributed by atoms with Gasteiger partial charge in [0.25, 0.3) is 5.91 Å². The molecular formula is C14H19N3OS. The van der Waals surface area contributed by atoms with Gasteiger partial charge in [0, 0.05) is 18.1 Å². The molecule has 2 aromatic heterocycles. The molecular weight excluding hydrogens is 258 g/mol. The van der Waals surface area contributed by atoms with Gasteiger partial charge in [-0.15, -0.1) is 11.3 Å². The number of nitrogens with one attached hydrogen (secondary N) is 1. The first-order chi connectivity index (χ1) is 8.79. The summed E-state index contributed by atoms with van der Waals surface area (Å²) >= 11 is 1.35. The summed E-state index contributed by atoms with van der Waals surface area (Å²) in [4.78, 5) is 17.8. The number of thiophene rings is 1. The van der Waals surface area contributed by atoms with E-state index >= 15 is 0 Å². The molecule has 0 spiro atoms. The van der Waals surface area contributed by atoms with Crippen LogP contribution in [0.4, 0.5) is 5.69 Å². The number of pyridine rings is 1. The van der Waals surface area contributed by atoms with Crippen molar-refractivity contribution in [3.05, 3.63) is 22.7 Å². The summed E-state index contributed by atoms with van der Waals surface area (Å²) in [6.45, 7) is 8.82. The van der Waals surface area contributed by atoms with E-state index < -0.39 is 0 Å². The van der Waals surface area contributed by atoms with Crippen LogP contribution in [0, 0.1) is 12.3 Å². The smallest absolute Gasteiger partial charge is 0.263 e. The highest BCUT2D eigenvalue weighted by Crippen LogP contribution is 2.34. The first-order valence-electron chi connectivity index (χ1n) is 6.21. The number of hydrogen-bond acceptors (Lipinski definition) is 4. The Morgan fingerprint density at radius 2 is 2.16 bits per heavy atom. The maximum atomic E-state index is 12.2. The molecule has 0 atom stereocenters. The van der Waals surface area contributed by atoms with E-state index in [9.17, 15) is 4.79 Å².